The molecule has 0 saturated heterocycles. The Kier molecular flexibility index (Phi) is 4.63. The Labute approximate surface area is 121 Å². The Morgan fingerprint density at radius 1 is 1.42 bits per heavy atom. The van der Waals surface area contributed by atoms with Crippen molar-refractivity contribution >= 4 is 22.9 Å². The molecular weight excluding hydrogens is 284 g/mol. The fourth-order valence-electron chi connectivity index (χ4n) is 1.65. The number of methoxy groups -OCH3 is 1. The van der Waals surface area contributed by atoms with E-state index in [2.05, 4.69) is 4.98 Å². The molecular formula is C13H15ClN2O2S. The zero-order chi connectivity index (χ0) is 13.8. The molecule has 1 heterocycles. The summed E-state index contributed by atoms with van der Waals surface area (Å²) in [6.45, 7) is 2.78. The molecule has 2 rings (SSSR count). The first-order chi connectivity index (χ1) is 9.13. The number of ether oxygens (including phenoxy) is 2. The Morgan fingerprint density at radius 2 is 2.21 bits per heavy atom. The number of thiazole rings is 1. The number of rotatable bonds is 5. The summed E-state index contributed by atoms with van der Waals surface area (Å²) in [5.74, 6) is 1.13. The monoisotopic (exact) mass is 298 g/mol. The summed E-state index contributed by atoms with van der Waals surface area (Å²) in [7, 11) is 1.58. The number of aromatic nitrogens is 1. The first-order valence-electron chi connectivity index (χ1n) is 5.74. The van der Waals surface area contributed by atoms with Crippen LogP contribution in [0.25, 0.3) is 0 Å². The normalized spacial score (nSPS) is 10.5. The summed E-state index contributed by atoms with van der Waals surface area (Å²) in [6.07, 6.45) is 1.80. The zero-order valence-corrected chi connectivity index (χ0v) is 12.3. The number of benzene rings is 1. The first kappa shape index (κ1) is 14.1. The lowest BCUT2D eigenvalue weighted by atomic mass is 10.2. The molecule has 2 N–H and O–H groups in total. The summed E-state index contributed by atoms with van der Waals surface area (Å²) in [4.78, 5) is 5.22. The highest BCUT2D eigenvalue weighted by Crippen LogP contribution is 2.37. The average molecular weight is 299 g/mol. The van der Waals surface area contributed by atoms with Crippen molar-refractivity contribution in [2.24, 2.45) is 5.73 Å². The molecule has 0 aliphatic carbocycles. The van der Waals surface area contributed by atoms with Crippen molar-refractivity contribution in [2.45, 2.75) is 20.1 Å². The molecule has 4 nitrogen and oxygen atoms in total. The van der Waals surface area contributed by atoms with Crippen LogP contribution in [0.3, 0.4) is 0 Å². The molecule has 0 spiro atoms. The molecule has 0 aliphatic heterocycles. The minimum absolute atomic E-state index is 0.407. The van der Waals surface area contributed by atoms with Crippen molar-refractivity contribution in [3.63, 3.8) is 0 Å². The van der Waals surface area contributed by atoms with Crippen molar-refractivity contribution in [3.05, 3.63) is 38.8 Å². The lowest BCUT2D eigenvalue weighted by Gasteiger charge is -2.13. The second-order valence-corrected chi connectivity index (χ2v) is 5.67. The van der Waals surface area contributed by atoms with Crippen molar-refractivity contribution in [2.75, 3.05) is 7.11 Å². The Bertz CT molecular complexity index is 572. The molecule has 0 amide bonds. The van der Waals surface area contributed by atoms with Crippen LogP contribution in [-0.4, -0.2) is 12.1 Å². The second kappa shape index (κ2) is 6.23. The number of hydrogen-bond donors (Lipinski definition) is 1. The van der Waals surface area contributed by atoms with Crippen LogP contribution in [0.4, 0.5) is 0 Å². The number of aryl methyl sites for hydroxylation is 1. The number of nitrogens with two attached hydrogens (primary N) is 1. The van der Waals surface area contributed by atoms with E-state index >= 15 is 0 Å². The quantitative estimate of drug-likeness (QED) is 0.921. The Morgan fingerprint density at radius 3 is 2.79 bits per heavy atom. The van der Waals surface area contributed by atoms with Crippen molar-refractivity contribution < 1.29 is 9.47 Å². The van der Waals surface area contributed by atoms with Crippen LogP contribution in [0.15, 0.2) is 18.3 Å². The van der Waals surface area contributed by atoms with Crippen LogP contribution in [0.2, 0.25) is 5.02 Å². The molecule has 102 valence electrons. The smallest absolute Gasteiger partial charge is 0.180 e. The molecule has 19 heavy (non-hydrogen) atoms. The number of nitrogens with zero attached hydrogens (tertiary/aromatic N) is 1. The van der Waals surface area contributed by atoms with Gasteiger partial charge in [0.15, 0.2) is 11.5 Å². The summed E-state index contributed by atoms with van der Waals surface area (Å²) >= 11 is 7.78. The van der Waals surface area contributed by atoms with Crippen LogP contribution in [0, 0.1) is 6.92 Å². The van der Waals surface area contributed by atoms with Gasteiger partial charge in [-0.2, -0.15) is 0 Å². The summed E-state index contributed by atoms with van der Waals surface area (Å²) in [5.41, 5.74) is 6.50. The van der Waals surface area contributed by atoms with Gasteiger partial charge >= 0.3 is 0 Å². The van der Waals surface area contributed by atoms with Gasteiger partial charge in [-0.3, -0.25) is 0 Å². The topological polar surface area (TPSA) is 57.4 Å². The third-order valence-electron chi connectivity index (χ3n) is 2.55. The molecule has 0 bridgehead atoms. The highest BCUT2D eigenvalue weighted by atomic mass is 35.5. The fraction of sp³-hybridized carbons (Fsp3) is 0.308. The van der Waals surface area contributed by atoms with Gasteiger partial charge in [-0.15, -0.1) is 11.3 Å². The van der Waals surface area contributed by atoms with E-state index in [9.17, 15) is 0 Å². The number of hydrogen-bond acceptors (Lipinski definition) is 5. The average Bonchev–Trinajstić information content (AvgIpc) is 2.82. The van der Waals surface area contributed by atoms with Gasteiger partial charge in [0.2, 0.25) is 0 Å². The maximum atomic E-state index is 6.19. The van der Waals surface area contributed by atoms with E-state index in [4.69, 9.17) is 26.8 Å². The van der Waals surface area contributed by atoms with Crippen LogP contribution in [-0.2, 0) is 13.2 Å². The molecule has 0 atom stereocenters. The highest BCUT2D eigenvalue weighted by molar-refractivity contribution is 7.11. The van der Waals surface area contributed by atoms with Crippen LogP contribution in [0.1, 0.15) is 15.4 Å². The van der Waals surface area contributed by atoms with Gasteiger partial charge in [0.25, 0.3) is 0 Å². The summed E-state index contributed by atoms with van der Waals surface area (Å²) in [6, 6.07) is 3.62. The molecule has 1 aromatic heterocycles. The van der Waals surface area contributed by atoms with E-state index < -0.39 is 0 Å². The molecule has 0 unspecified atom stereocenters. The Hall–Kier alpha value is -1.30. The summed E-state index contributed by atoms with van der Waals surface area (Å²) in [5, 5.41) is 1.51. The molecule has 0 fully saturated rings. The van der Waals surface area contributed by atoms with E-state index in [0.717, 1.165) is 15.4 Å². The van der Waals surface area contributed by atoms with Crippen LogP contribution >= 0.6 is 22.9 Å². The van der Waals surface area contributed by atoms with E-state index in [-0.39, 0.29) is 0 Å². The minimum atomic E-state index is 0.407. The van der Waals surface area contributed by atoms with Crippen molar-refractivity contribution in [3.8, 4) is 11.5 Å². The van der Waals surface area contributed by atoms with Gasteiger partial charge in [-0.05, 0) is 24.6 Å². The van der Waals surface area contributed by atoms with Crippen molar-refractivity contribution in [1.82, 2.24) is 4.98 Å². The standard InChI is InChI=1S/C13H15ClN2O2S/c1-8-16-6-10(19-8)7-18-13-11(14)3-9(5-15)4-12(13)17-2/h3-4,6H,5,7,15H2,1-2H3. The van der Waals surface area contributed by atoms with Crippen LogP contribution < -0.4 is 15.2 Å². The predicted octanol–water partition coefficient (Wildman–Crippen LogP) is 3.15. The van der Waals surface area contributed by atoms with Crippen molar-refractivity contribution in [1.29, 1.82) is 0 Å². The van der Waals surface area contributed by atoms with Gasteiger partial charge in [-0.25, -0.2) is 4.98 Å². The lowest BCUT2D eigenvalue weighted by Crippen LogP contribution is -2.01. The summed E-state index contributed by atoms with van der Waals surface area (Å²) < 4.78 is 11.0. The second-order valence-electron chi connectivity index (χ2n) is 3.95. The van der Waals surface area contributed by atoms with Gasteiger partial charge < -0.3 is 15.2 Å². The predicted molar refractivity (Wildman–Crippen MR) is 77.1 cm³/mol. The van der Waals surface area contributed by atoms with Gasteiger partial charge in [-0.1, -0.05) is 11.6 Å². The third kappa shape index (κ3) is 3.37. The maximum absolute atomic E-state index is 6.19. The van der Waals surface area contributed by atoms with E-state index in [1.807, 2.05) is 13.0 Å². The highest BCUT2D eigenvalue weighted by Gasteiger charge is 2.12. The minimum Gasteiger partial charge on any atom is -0.493 e. The molecule has 0 saturated carbocycles. The third-order valence-corrected chi connectivity index (χ3v) is 3.72. The maximum Gasteiger partial charge on any atom is 0.180 e. The number of halogens is 1. The molecule has 6 heteroatoms. The lowest BCUT2D eigenvalue weighted by molar-refractivity contribution is 0.287. The Balaban J connectivity index is 2.19. The molecule has 2 aromatic rings. The molecule has 0 aliphatic rings. The van der Waals surface area contributed by atoms with Gasteiger partial charge in [0.05, 0.1) is 22.0 Å². The fourth-order valence-corrected chi connectivity index (χ4v) is 2.64. The van der Waals surface area contributed by atoms with Gasteiger partial charge in [0, 0.05) is 12.7 Å². The molecule has 0 radical (unpaired) electrons. The molecule has 1 aromatic carbocycles. The van der Waals surface area contributed by atoms with E-state index in [0.29, 0.717) is 29.7 Å². The largest absolute Gasteiger partial charge is 0.493 e. The van der Waals surface area contributed by atoms with E-state index in [1.165, 1.54) is 0 Å². The van der Waals surface area contributed by atoms with E-state index in [1.54, 1.807) is 30.7 Å². The SMILES string of the molecule is COc1cc(CN)cc(Cl)c1OCc1cnc(C)s1. The zero-order valence-electron chi connectivity index (χ0n) is 10.8. The first-order valence-corrected chi connectivity index (χ1v) is 6.94. The van der Waals surface area contributed by atoms with Gasteiger partial charge in [0.1, 0.15) is 6.61 Å². The van der Waals surface area contributed by atoms with Crippen LogP contribution in [0.5, 0.6) is 11.5 Å².